The summed E-state index contributed by atoms with van der Waals surface area (Å²) in [5.41, 5.74) is 3.02. The van der Waals surface area contributed by atoms with E-state index >= 15 is 0 Å². The van der Waals surface area contributed by atoms with E-state index in [1.165, 1.54) is 12.1 Å². The van der Waals surface area contributed by atoms with Gasteiger partial charge in [0.15, 0.2) is 0 Å². The van der Waals surface area contributed by atoms with Gasteiger partial charge in [-0.1, -0.05) is 24.3 Å². The summed E-state index contributed by atoms with van der Waals surface area (Å²) in [5, 5.41) is 3.41. The maximum atomic E-state index is 13.3. The molecule has 25 heavy (non-hydrogen) atoms. The van der Waals surface area contributed by atoms with E-state index in [2.05, 4.69) is 27.9 Å². The minimum atomic E-state index is -0.400. The van der Waals surface area contributed by atoms with Crippen molar-refractivity contribution in [3.8, 4) is 0 Å². The zero-order chi connectivity index (χ0) is 17.4. The molecular formula is C20H14FIN2O. The van der Waals surface area contributed by atoms with Gasteiger partial charge in [0.25, 0.3) is 5.91 Å². The highest BCUT2D eigenvalue weighted by Crippen LogP contribution is 2.36. The molecule has 3 aromatic carbocycles. The van der Waals surface area contributed by atoms with Gasteiger partial charge in [-0.3, -0.25) is 9.69 Å². The van der Waals surface area contributed by atoms with Crippen LogP contribution in [0.3, 0.4) is 0 Å². The number of benzene rings is 3. The van der Waals surface area contributed by atoms with Crippen LogP contribution in [0.4, 0.5) is 15.8 Å². The summed E-state index contributed by atoms with van der Waals surface area (Å²) in [4.78, 5) is 14.9. The molecule has 0 saturated carbocycles. The lowest BCUT2D eigenvalue weighted by atomic mass is 10.0. The Kier molecular flexibility index (Phi) is 4.17. The number of nitrogens with zero attached hydrogens (tertiary/aromatic N) is 1. The highest BCUT2D eigenvalue weighted by Gasteiger charge is 2.33. The van der Waals surface area contributed by atoms with Crippen molar-refractivity contribution < 1.29 is 9.18 Å². The summed E-state index contributed by atoms with van der Waals surface area (Å²) in [6.45, 7) is 0. The van der Waals surface area contributed by atoms with Gasteiger partial charge in [0.2, 0.25) is 0 Å². The van der Waals surface area contributed by atoms with Crippen LogP contribution in [0.5, 0.6) is 0 Å². The second kappa shape index (κ2) is 6.48. The number of nitrogens with one attached hydrogen (secondary N) is 1. The van der Waals surface area contributed by atoms with E-state index < -0.39 is 6.17 Å². The number of hydrogen-bond donors (Lipinski definition) is 1. The highest BCUT2D eigenvalue weighted by atomic mass is 127. The van der Waals surface area contributed by atoms with Crippen molar-refractivity contribution in [1.29, 1.82) is 0 Å². The Bertz CT molecular complexity index is 925. The summed E-state index contributed by atoms with van der Waals surface area (Å²) in [5.74, 6) is -0.378. The van der Waals surface area contributed by atoms with Gasteiger partial charge in [-0.15, -0.1) is 0 Å². The van der Waals surface area contributed by atoms with Gasteiger partial charge >= 0.3 is 0 Å². The Morgan fingerprint density at radius 1 is 0.920 bits per heavy atom. The van der Waals surface area contributed by atoms with Crippen LogP contribution in [0.1, 0.15) is 22.1 Å². The number of amides is 1. The van der Waals surface area contributed by atoms with Crippen LogP contribution in [0.25, 0.3) is 0 Å². The zero-order valence-corrected chi connectivity index (χ0v) is 15.3. The summed E-state index contributed by atoms with van der Waals surface area (Å²) in [6, 6.07) is 21.4. The third-order valence-electron chi connectivity index (χ3n) is 4.22. The molecule has 1 atom stereocenters. The van der Waals surface area contributed by atoms with Crippen molar-refractivity contribution in [2.24, 2.45) is 0 Å². The van der Waals surface area contributed by atoms with Crippen molar-refractivity contribution in [3.63, 3.8) is 0 Å². The Morgan fingerprint density at radius 2 is 1.60 bits per heavy atom. The Labute approximate surface area is 158 Å². The van der Waals surface area contributed by atoms with Gasteiger partial charge in [0, 0.05) is 14.9 Å². The molecule has 4 rings (SSSR count). The van der Waals surface area contributed by atoms with Crippen molar-refractivity contribution in [3.05, 3.63) is 93.3 Å². The van der Waals surface area contributed by atoms with Crippen LogP contribution >= 0.6 is 22.6 Å². The maximum Gasteiger partial charge on any atom is 0.262 e. The average Bonchev–Trinajstić information content (AvgIpc) is 2.63. The van der Waals surface area contributed by atoms with Crippen LogP contribution in [0, 0.1) is 9.39 Å². The first-order valence-corrected chi connectivity index (χ1v) is 8.91. The van der Waals surface area contributed by atoms with E-state index in [0.29, 0.717) is 5.56 Å². The number of carbonyl (C=O) groups excluding carboxylic acids is 1. The first-order chi connectivity index (χ1) is 12.1. The minimum absolute atomic E-state index is 0.0788. The third kappa shape index (κ3) is 3.00. The quantitative estimate of drug-likeness (QED) is 0.552. The molecule has 0 spiro atoms. The molecule has 1 aliphatic rings. The van der Waals surface area contributed by atoms with E-state index in [0.717, 1.165) is 20.5 Å². The summed E-state index contributed by atoms with van der Waals surface area (Å²) in [7, 11) is 0. The van der Waals surface area contributed by atoms with Crippen LogP contribution in [-0.4, -0.2) is 5.91 Å². The number of fused-ring (bicyclic) bond motifs is 1. The van der Waals surface area contributed by atoms with Gasteiger partial charge < -0.3 is 5.32 Å². The van der Waals surface area contributed by atoms with Crippen molar-refractivity contribution in [2.45, 2.75) is 6.17 Å². The molecule has 1 N–H and O–H groups in total. The molecule has 0 fully saturated rings. The fourth-order valence-electron chi connectivity index (χ4n) is 3.00. The molecule has 124 valence electrons. The van der Waals surface area contributed by atoms with Crippen LogP contribution in [-0.2, 0) is 0 Å². The third-order valence-corrected chi connectivity index (χ3v) is 4.94. The van der Waals surface area contributed by atoms with Crippen LogP contribution in [0.15, 0.2) is 72.8 Å². The fraction of sp³-hybridized carbons (Fsp3) is 0.0500. The molecule has 0 aliphatic carbocycles. The van der Waals surface area contributed by atoms with Crippen LogP contribution < -0.4 is 10.2 Å². The lowest BCUT2D eigenvalue weighted by Gasteiger charge is -2.38. The van der Waals surface area contributed by atoms with E-state index in [9.17, 15) is 9.18 Å². The predicted molar refractivity (Wildman–Crippen MR) is 105 cm³/mol. The molecule has 3 aromatic rings. The molecule has 0 aromatic heterocycles. The number of hydrogen-bond acceptors (Lipinski definition) is 2. The van der Waals surface area contributed by atoms with Crippen molar-refractivity contribution in [1.82, 2.24) is 0 Å². The van der Waals surface area contributed by atoms with E-state index in [4.69, 9.17) is 0 Å². The molecule has 1 aliphatic heterocycles. The molecule has 1 heterocycles. The fourth-order valence-corrected chi connectivity index (χ4v) is 3.36. The number of rotatable bonds is 2. The number of halogens is 2. The highest BCUT2D eigenvalue weighted by molar-refractivity contribution is 14.1. The van der Waals surface area contributed by atoms with Crippen molar-refractivity contribution in [2.75, 3.05) is 10.2 Å². The normalized spacial score (nSPS) is 16.3. The van der Waals surface area contributed by atoms with E-state index in [-0.39, 0.29) is 11.7 Å². The lowest BCUT2D eigenvalue weighted by Crippen LogP contribution is -2.43. The number of anilines is 2. The molecule has 0 radical (unpaired) electrons. The van der Waals surface area contributed by atoms with E-state index in [1.54, 1.807) is 17.0 Å². The average molecular weight is 444 g/mol. The van der Waals surface area contributed by atoms with E-state index in [1.807, 2.05) is 48.5 Å². The molecule has 0 saturated heterocycles. The molecular weight excluding hydrogens is 430 g/mol. The topological polar surface area (TPSA) is 32.3 Å². The molecule has 0 bridgehead atoms. The summed E-state index contributed by atoms with van der Waals surface area (Å²) >= 11 is 2.23. The minimum Gasteiger partial charge on any atom is -0.360 e. The Morgan fingerprint density at radius 3 is 2.32 bits per heavy atom. The molecule has 5 heteroatoms. The summed E-state index contributed by atoms with van der Waals surface area (Å²) < 4.78 is 14.4. The predicted octanol–water partition coefficient (Wildman–Crippen LogP) is 5.20. The SMILES string of the molecule is O=C1c2ccccc2NC(c2ccc(F)cc2)N1c1ccc(I)cc1. The zero-order valence-electron chi connectivity index (χ0n) is 13.1. The monoisotopic (exact) mass is 444 g/mol. The van der Waals surface area contributed by atoms with Gasteiger partial charge in [-0.05, 0) is 76.7 Å². The largest absolute Gasteiger partial charge is 0.360 e. The Balaban J connectivity index is 1.85. The van der Waals surface area contributed by atoms with Crippen LogP contribution in [0.2, 0.25) is 0 Å². The smallest absolute Gasteiger partial charge is 0.262 e. The molecule has 1 unspecified atom stereocenters. The van der Waals surface area contributed by atoms with Gasteiger partial charge in [0.05, 0.1) is 5.56 Å². The second-order valence-electron chi connectivity index (χ2n) is 5.80. The molecule has 1 amide bonds. The second-order valence-corrected chi connectivity index (χ2v) is 7.04. The van der Waals surface area contributed by atoms with Gasteiger partial charge in [-0.2, -0.15) is 0 Å². The molecule has 3 nitrogen and oxygen atoms in total. The Hall–Kier alpha value is -2.41. The summed E-state index contributed by atoms with van der Waals surface area (Å²) in [6.07, 6.45) is -0.400. The lowest BCUT2D eigenvalue weighted by molar-refractivity contribution is 0.0975. The van der Waals surface area contributed by atoms with Gasteiger partial charge in [0.1, 0.15) is 12.0 Å². The maximum absolute atomic E-state index is 13.3. The number of carbonyl (C=O) groups is 1. The first-order valence-electron chi connectivity index (χ1n) is 7.83. The number of para-hydroxylation sites is 1. The van der Waals surface area contributed by atoms with Gasteiger partial charge in [-0.25, -0.2) is 4.39 Å². The first kappa shape index (κ1) is 16.1. The standard InChI is InChI=1S/C20H14FIN2O/c21-14-7-5-13(6-8-14)19-23-18-4-2-1-3-17(18)20(25)24(19)16-11-9-15(22)10-12-16/h1-12,19,23H. The van der Waals surface area contributed by atoms with Crippen molar-refractivity contribution >= 4 is 39.9 Å².